The van der Waals surface area contributed by atoms with Crippen molar-refractivity contribution in [3.05, 3.63) is 59.7 Å². The second-order valence-electron chi connectivity index (χ2n) is 9.20. The van der Waals surface area contributed by atoms with Gasteiger partial charge in [0, 0.05) is 13.7 Å². The minimum atomic E-state index is -1.68. The zero-order chi connectivity index (χ0) is 23.6. The maximum absolute atomic E-state index is 6.28. The summed E-state index contributed by atoms with van der Waals surface area (Å²) >= 11 is 0. The quantitative estimate of drug-likeness (QED) is 0.408. The highest BCUT2D eigenvalue weighted by Crippen LogP contribution is 2.17. The van der Waals surface area contributed by atoms with Crippen LogP contribution < -0.4 is 9.92 Å². The van der Waals surface area contributed by atoms with Crippen LogP contribution in [0.25, 0.3) is 0 Å². The molecule has 170 valence electrons. The smallest absolute Gasteiger partial charge is 0.124 e. The van der Waals surface area contributed by atoms with E-state index >= 15 is 0 Å². The van der Waals surface area contributed by atoms with Crippen LogP contribution in [0.5, 0.6) is 5.75 Å². The monoisotopic (exact) mass is 447 g/mol. The predicted octanol–water partition coefficient (Wildman–Crippen LogP) is 4.78. The lowest BCUT2D eigenvalue weighted by molar-refractivity contribution is 0.0742. The fourth-order valence-corrected chi connectivity index (χ4v) is 5.75. The molecule has 0 bridgehead atoms. The van der Waals surface area contributed by atoms with Crippen LogP contribution in [0.3, 0.4) is 0 Å². The van der Waals surface area contributed by atoms with Crippen molar-refractivity contribution < 1.29 is 9.47 Å². The lowest BCUT2D eigenvalue weighted by Crippen LogP contribution is -2.48. The maximum Gasteiger partial charge on any atom is 0.124 e. The molecular weight excluding hydrogens is 410 g/mol. The summed E-state index contributed by atoms with van der Waals surface area (Å²) in [7, 11) is -0.0203. The molecular formula is C28H37NO2Si. The van der Waals surface area contributed by atoms with Crippen molar-refractivity contribution >= 4 is 13.3 Å². The first-order valence-electron chi connectivity index (χ1n) is 11.2. The molecule has 32 heavy (non-hydrogen) atoms. The first-order valence-corrected chi connectivity index (χ1v) is 14.4. The van der Waals surface area contributed by atoms with Gasteiger partial charge in [-0.05, 0) is 56.9 Å². The van der Waals surface area contributed by atoms with Crippen molar-refractivity contribution in [1.82, 2.24) is 4.90 Å². The highest BCUT2D eigenvalue weighted by atomic mass is 28.3. The Labute approximate surface area is 196 Å². The van der Waals surface area contributed by atoms with Gasteiger partial charge in [0.25, 0.3) is 0 Å². The molecule has 4 heteroatoms. The average molecular weight is 448 g/mol. The van der Waals surface area contributed by atoms with E-state index in [1.807, 2.05) is 13.8 Å². The minimum absolute atomic E-state index is 0.462. The van der Waals surface area contributed by atoms with E-state index in [1.54, 1.807) is 7.11 Å². The molecule has 0 N–H and O–H groups in total. The lowest BCUT2D eigenvalue weighted by atomic mass is 10.1. The third-order valence-corrected chi connectivity index (χ3v) is 8.44. The third-order valence-electron chi connectivity index (χ3n) is 5.55. The van der Waals surface area contributed by atoms with Gasteiger partial charge in [-0.15, -0.1) is 0 Å². The SMILES string of the molecule is CCN(CC#CC#CC(C)(C)OC)Cc1cccc(OC[Si](C)(C)c2ccccc2C)c1. The van der Waals surface area contributed by atoms with Gasteiger partial charge in [-0.3, -0.25) is 4.90 Å². The van der Waals surface area contributed by atoms with Gasteiger partial charge < -0.3 is 9.47 Å². The molecule has 0 saturated heterocycles. The molecule has 0 heterocycles. The zero-order valence-corrected chi connectivity index (χ0v) is 21.7. The molecule has 0 amide bonds. The van der Waals surface area contributed by atoms with Crippen LogP contribution in [0.4, 0.5) is 0 Å². The molecule has 2 aromatic rings. The number of nitrogens with zero attached hydrogens (tertiary/aromatic N) is 1. The average Bonchev–Trinajstić information content (AvgIpc) is 2.77. The van der Waals surface area contributed by atoms with Crippen molar-refractivity contribution in [3.8, 4) is 29.4 Å². The van der Waals surface area contributed by atoms with Crippen molar-refractivity contribution in [2.24, 2.45) is 0 Å². The Hall–Kier alpha value is -2.50. The Bertz CT molecular complexity index is 1010. The topological polar surface area (TPSA) is 21.7 Å². The van der Waals surface area contributed by atoms with Gasteiger partial charge in [0.05, 0.1) is 12.8 Å². The standard InChI is InChI=1S/C28H37NO2Si/c1-8-29(20-13-9-12-19-28(3,4)30-5)22-25-16-14-17-26(21-25)31-23-32(6,7)27-18-11-10-15-24(27)2/h10-11,14-18,21H,8,20,22-23H2,1-7H3. The summed E-state index contributed by atoms with van der Waals surface area (Å²) in [5.41, 5.74) is 2.13. The molecule has 0 aliphatic rings. The Morgan fingerprint density at radius 1 is 1.03 bits per heavy atom. The van der Waals surface area contributed by atoms with Crippen molar-refractivity contribution in [2.75, 3.05) is 26.4 Å². The summed E-state index contributed by atoms with van der Waals surface area (Å²) in [6.07, 6.45) is 0.765. The third kappa shape index (κ3) is 8.21. The lowest BCUT2D eigenvalue weighted by Gasteiger charge is -2.25. The van der Waals surface area contributed by atoms with Gasteiger partial charge in [0.15, 0.2) is 0 Å². The highest BCUT2D eigenvalue weighted by Gasteiger charge is 2.26. The van der Waals surface area contributed by atoms with Crippen molar-refractivity contribution in [2.45, 2.75) is 52.9 Å². The van der Waals surface area contributed by atoms with Crippen LogP contribution in [-0.4, -0.2) is 45.0 Å². The summed E-state index contributed by atoms with van der Waals surface area (Å²) in [5, 5.41) is 1.46. The number of hydrogen-bond donors (Lipinski definition) is 0. The summed E-state index contributed by atoms with van der Waals surface area (Å²) < 4.78 is 11.6. The van der Waals surface area contributed by atoms with E-state index in [-0.39, 0.29) is 0 Å². The molecule has 3 nitrogen and oxygen atoms in total. The number of aryl methyl sites for hydroxylation is 1. The summed E-state index contributed by atoms with van der Waals surface area (Å²) in [5.74, 6) is 13.0. The van der Waals surface area contributed by atoms with E-state index in [2.05, 4.69) is 104 Å². The van der Waals surface area contributed by atoms with E-state index < -0.39 is 13.7 Å². The van der Waals surface area contributed by atoms with Crippen LogP contribution in [-0.2, 0) is 11.3 Å². The fourth-order valence-electron chi connectivity index (χ4n) is 3.37. The summed E-state index contributed by atoms with van der Waals surface area (Å²) in [6.45, 7) is 15.4. The molecule has 0 aliphatic heterocycles. The second kappa shape index (κ2) is 11.9. The number of methoxy groups -OCH3 is 1. The normalized spacial score (nSPS) is 11.4. The maximum atomic E-state index is 6.28. The van der Waals surface area contributed by atoms with Gasteiger partial charge in [-0.2, -0.15) is 0 Å². The molecule has 0 fully saturated rings. The second-order valence-corrected chi connectivity index (χ2v) is 13.8. The molecule has 0 unspecified atom stereocenters. The number of hydrogen-bond acceptors (Lipinski definition) is 3. The van der Waals surface area contributed by atoms with E-state index in [9.17, 15) is 0 Å². The van der Waals surface area contributed by atoms with E-state index in [0.717, 1.165) is 25.1 Å². The Kier molecular flexibility index (Phi) is 9.60. The van der Waals surface area contributed by atoms with Gasteiger partial charge in [0.2, 0.25) is 0 Å². The Morgan fingerprint density at radius 2 is 1.78 bits per heavy atom. The Balaban J connectivity index is 1.98. The van der Waals surface area contributed by atoms with Crippen LogP contribution in [0.1, 0.15) is 31.9 Å². The number of benzene rings is 2. The molecule has 0 saturated carbocycles. The molecule has 0 atom stereocenters. The molecule has 0 aliphatic carbocycles. The van der Waals surface area contributed by atoms with E-state index in [0.29, 0.717) is 6.54 Å². The zero-order valence-electron chi connectivity index (χ0n) is 20.7. The molecule has 2 rings (SSSR count). The highest BCUT2D eigenvalue weighted by molar-refractivity contribution is 6.90. The summed E-state index contributed by atoms with van der Waals surface area (Å²) in [6, 6.07) is 17.1. The first kappa shape index (κ1) is 25.8. The van der Waals surface area contributed by atoms with E-state index in [4.69, 9.17) is 9.47 Å². The molecule has 0 spiro atoms. The van der Waals surface area contributed by atoms with Gasteiger partial charge >= 0.3 is 0 Å². The minimum Gasteiger partial charge on any atom is -0.497 e. The molecule has 0 aromatic heterocycles. The van der Waals surface area contributed by atoms with Gasteiger partial charge in [-0.25, -0.2) is 0 Å². The van der Waals surface area contributed by atoms with Crippen molar-refractivity contribution in [3.63, 3.8) is 0 Å². The largest absolute Gasteiger partial charge is 0.497 e. The van der Waals surface area contributed by atoms with E-state index in [1.165, 1.54) is 16.3 Å². The van der Waals surface area contributed by atoms with Crippen LogP contribution in [0.15, 0.2) is 48.5 Å². The molecule has 2 aromatic carbocycles. The summed E-state index contributed by atoms with van der Waals surface area (Å²) in [4.78, 5) is 2.29. The number of ether oxygens (including phenoxy) is 2. The molecule has 0 radical (unpaired) electrons. The van der Waals surface area contributed by atoms with Crippen LogP contribution in [0, 0.1) is 30.6 Å². The first-order chi connectivity index (χ1) is 15.2. The Morgan fingerprint density at radius 3 is 2.47 bits per heavy atom. The van der Waals surface area contributed by atoms with Crippen molar-refractivity contribution in [1.29, 1.82) is 0 Å². The van der Waals surface area contributed by atoms with Crippen LogP contribution in [0.2, 0.25) is 13.1 Å². The number of rotatable bonds is 9. The predicted molar refractivity (Wildman–Crippen MR) is 138 cm³/mol. The van der Waals surface area contributed by atoms with Gasteiger partial charge in [0.1, 0.15) is 19.4 Å². The van der Waals surface area contributed by atoms with Crippen LogP contribution >= 0.6 is 0 Å². The van der Waals surface area contributed by atoms with Gasteiger partial charge in [-0.1, -0.05) is 79.0 Å². The fraction of sp³-hybridized carbons (Fsp3) is 0.429.